The molecule has 0 aliphatic carbocycles. The van der Waals surface area contributed by atoms with Gasteiger partial charge in [0, 0.05) is 31.6 Å². The van der Waals surface area contributed by atoms with Crippen molar-refractivity contribution < 1.29 is 8.78 Å². The molecule has 2 rings (SSSR count). The molecule has 1 aromatic heterocycles. The van der Waals surface area contributed by atoms with Crippen LogP contribution >= 0.6 is 0 Å². The molecule has 0 amide bonds. The average Bonchev–Trinajstić information content (AvgIpc) is 2.51. The molecule has 4 heteroatoms. The van der Waals surface area contributed by atoms with Crippen LogP contribution in [-0.2, 0) is 5.92 Å². The first-order valence-corrected chi connectivity index (χ1v) is 8.00. The van der Waals surface area contributed by atoms with E-state index >= 15 is 0 Å². The molecule has 0 saturated carbocycles. The third kappa shape index (κ3) is 4.27. The van der Waals surface area contributed by atoms with Crippen molar-refractivity contribution in [2.45, 2.75) is 39.5 Å². The van der Waals surface area contributed by atoms with Crippen molar-refractivity contribution in [3.8, 4) is 11.3 Å². The van der Waals surface area contributed by atoms with Crippen LogP contribution in [0.3, 0.4) is 0 Å². The molecule has 0 saturated heterocycles. The van der Waals surface area contributed by atoms with E-state index in [-0.39, 0.29) is 5.56 Å². The summed E-state index contributed by atoms with van der Waals surface area (Å²) in [4.78, 5) is 6.80. The van der Waals surface area contributed by atoms with Crippen LogP contribution in [0.2, 0.25) is 0 Å². The molecule has 1 aromatic carbocycles. The number of aromatic nitrogens is 1. The highest BCUT2D eigenvalue weighted by atomic mass is 19.3. The fraction of sp³-hybridized carbons (Fsp3) is 0.421. The third-order valence-corrected chi connectivity index (χ3v) is 3.98. The Balaban J connectivity index is 2.30. The molecule has 0 aliphatic heterocycles. The fourth-order valence-corrected chi connectivity index (χ4v) is 2.59. The number of alkyl halides is 2. The summed E-state index contributed by atoms with van der Waals surface area (Å²) in [6.07, 6.45) is 2.28. The van der Waals surface area contributed by atoms with Gasteiger partial charge < -0.3 is 4.90 Å². The lowest BCUT2D eigenvalue weighted by Crippen LogP contribution is -2.19. The molecule has 2 nitrogen and oxygen atoms in total. The molecule has 0 fully saturated rings. The van der Waals surface area contributed by atoms with E-state index in [1.165, 1.54) is 12.1 Å². The lowest BCUT2D eigenvalue weighted by atomic mass is 10.0. The predicted octanol–water partition coefficient (Wildman–Crippen LogP) is 5.41. The Hall–Kier alpha value is -1.97. The highest BCUT2D eigenvalue weighted by molar-refractivity contribution is 5.64. The van der Waals surface area contributed by atoms with E-state index in [2.05, 4.69) is 23.9 Å². The zero-order chi connectivity index (χ0) is 17.0. The van der Waals surface area contributed by atoms with Crippen molar-refractivity contribution in [2.24, 2.45) is 0 Å². The number of benzene rings is 1. The van der Waals surface area contributed by atoms with E-state index in [4.69, 9.17) is 0 Å². The number of hydrogen-bond acceptors (Lipinski definition) is 2. The first kappa shape index (κ1) is 17.4. The number of rotatable bonds is 6. The van der Waals surface area contributed by atoms with Crippen molar-refractivity contribution in [1.29, 1.82) is 0 Å². The Morgan fingerprint density at radius 1 is 1.17 bits per heavy atom. The van der Waals surface area contributed by atoms with Gasteiger partial charge >= 0.3 is 0 Å². The van der Waals surface area contributed by atoms with Gasteiger partial charge in [0.05, 0.1) is 17.1 Å². The standard InChI is InChI=1S/C19H24F2N2/c1-5-6-12-23(4)18-11-10-17(22-14(18)2)15-8-7-9-16(13-15)19(3,20)21/h7-11,13H,5-6,12H2,1-4H3. The normalized spacial score (nSPS) is 11.6. The van der Waals surface area contributed by atoms with E-state index in [0.29, 0.717) is 0 Å². The van der Waals surface area contributed by atoms with Gasteiger partial charge in [0.15, 0.2) is 0 Å². The minimum atomic E-state index is -2.84. The lowest BCUT2D eigenvalue weighted by molar-refractivity contribution is 0.0175. The van der Waals surface area contributed by atoms with Crippen LogP contribution in [0.4, 0.5) is 14.5 Å². The maximum absolute atomic E-state index is 13.5. The van der Waals surface area contributed by atoms with Crippen molar-refractivity contribution in [3.63, 3.8) is 0 Å². The van der Waals surface area contributed by atoms with Crippen LogP contribution in [0.15, 0.2) is 36.4 Å². The first-order chi connectivity index (χ1) is 10.8. The number of unbranched alkanes of at least 4 members (excludes halogenated alkanes) is 1. The van der Waals surface area contributed by atoms with Crippen LogP contribution in [0.1, 0.15) is 37.9 Å². The van der Waals surface area contributed by atoms with Crippen LogP contribution in [0, 0.1) is 6.92 Å². The molecule has 0 atom stereocenters. The number of halogens is 2. The van der Waals surface area contributed by atoms with Crippen LogP contribution < -0.4 is 4.90 Å². The van der Waals surface area contributed by atoms with Crippen molar-refractivity contribution in [1.82, 2.24) is 4.98 Å². The monoisotopic (exact) mass is 318 g/mol. The van der Waals surface area contributed by atoms with Gasteiger partial charge in [-0.1, -0.05) is 31.5 Å². The maximum Gasteiger partial charge on any atom is 0.270 e. The minimum Gasteiger partial charge on any atom is -0.373 e. The molecule has 124 valence electrons. The molecular weight excluding hydrogens is 294 g/mol. The Bertz CT molecular complexity index is 663. The van der Waals surface area contributed by atoms with Gasteiger partial charge in [-0.3, -0.25) is 4.98 Å². The van der Waals surface area contributed by atoms with E-state index < -0.39 is 5.92 Å². The zero-order valence-electron chi connectivity index (χ0n) is 14.2. The summed E-state index contributed by atoms with van der Waals surface area (Å²) in [5.41, 5.74) is 3.45. The van der Waals surface area contributed by atoms with E-state index in [1.807, 2.05) is 25.1 Å². The highest BCUT2D eigenvalue weighted by Crippen LogP contribution is 2.30. The molecule has 2 aromatic rings. The smallest absolute Gasteiger partial charge is 0.270 e. The van der Waals surface area contributed by atoms with Gasteiger partial charge in [-0.15, -0.1) is 0 Å². The van der Waals surface area contributed by atoms with Crippen LogP contribution in [0.25, 0.3) is 11.3 Å². The van der Waals surface area contributed by atoms with Gasteiger partial charge in [0.1, 0.15) is 0 Å². The third-order valence-electron chi connectivity index (χ3n) is 3.98. The second-order valence-electron chi connectivity index (χ2n) is 6.05. The summed E-state index contributed by atoms with van der Waals surface area (Å²) in [5, 5.41) is 0. The van der Waals surface area contributed by atoms with E-state index in [0.717, 1.165) is 48.9 Å². The summed E-state index contributed by atoms with van der Waals surface area (Å²) in [6.45, 7) is 6.02. The molecule has 1 heterocycles. The van der Waals surface area contributed by atoms with Gasteiger partial charge in [-0.25, -0.2) is 8.78 Å². The summed E-state index contributed by atoms with van der Waals surface area (Å²) >= 11 is 0. The summed E-state index contributed by atoms with van der Waals surface area (Å²) in [6, 6.07) is 10.4. The number of nitrogens with zero attached hydrogens (tertiary/aromatic N) is 2. The second kappa shape index (κ2) is 7.07. The van der Waals surface area contributed by atoms with Gasteiger partial charge in [0.25, 0.3) is 5.92 Å². The number of anilines is 1. The highest BCUT2D eigenvalue weighted by Gasteiger charge is 2.24. The molecule has 0 radical (unpaired) electrons. The van der Waals surface area contributed by atoms with Crippen molar-refractivity contribution >= 4 is 5.69 Å². The summed E-state index contributed by atoms with van der Waals surface area (Å²) in [5.74, 6) is -2.84. The molecule has 0 spiro atoms. The zero-order valence-corrected chi connectivity index (χ0v) is 14.2. The summed E-state index contributed by atoms with van der Waals surface area (Å²) in [7, 11) is 2.05. The SMILES string of the molecule is CCCCN(C)c1ccc(-c2cccc(C(C)(F)F)c2)nc1C. The number of aryl methyl sites for hydroxylation is 1. The quantitative estimate of drug-likeness (QED) is 0.708. The van der Waals surface area contributed by atoms with E-state index in [9.17, 15) is 8.78 Å². The Morgan fingerprint density at radius 2 is 1.91 bits per heavy atom. The minimum absolute atomic E-state index is 0.0126. The Morgan fingerprint density at radius 3 is 2.52 bits per heavy atom. The lowest BCUT2D eigenvalue weighted by Gasteiger charge is -2.21. The maximum atomic E-state index is 13.5. The second-order valence-corrected chi connectivity index (χ2v) is 6.05. The largest absolute Gasteiger partial charge is 0.373 e. The average molecular weight is 318 g/mol. The molecule has 23 heavy (non-hydrogen) atoms. The molecule has 0 unspecified atom stereocenters. The molecule has 0 aliphatic rings. The van der Waals surface area contributed by atoms with E-state index in [1.54, 1.807) is 6.07 Å². The van der Waals surface area contributed by atoms with Crippen molar-refractivity contribution in [3.05, 3.63) is 47.7 Å². The number of hydrogen-bond donors (Lipinski definition) is 0. The van der Waals surface area contributed by atoms with Gasteiger partial charge in [0.2, 0.25) is 0 Å². The Labute approximate surface area is 137 Å². The topological polar surface area (TPSA) is 16.1 Å². The number of pyridine rings is 1. The van der Waals surface area contributed by atoms with Gasteiger partial charge in [-0.05, 0) is 31.5 Å². The summed E-state index contributed by atoms with van der Waals surface area (Å²) < 4.78 is 27.0. The van der Waals surface area contributed by atoms with Crippen LogP contribution in [-0.4, -0.2) is 18.6 Å². The molecule has 0 N–H and O–H groups in total. The van der Waals surface area contributed by atoms with Gasteiger partial charge in [-0.2, -0.15) is 0 Å². The first-order valence-electron chi connectivity index (χ1n) is 8.00. The Kier molecular flexibility index (Phi) is 5.34. The molecular formula is C19H24F2N2. The fourth-order valence-electron chi connectivity index (χ4n) is 2.59. The molecule has 0 bridgehead atoms. The predicted molar refractivity (Wildman–Crippen MR) is 92.2 cm³/mol. The van der Waals surface area contributed by atoms with Crippen molar-refractivity contribution in [2.75, 3.05) is 18.5 Å². The van der Waals surface area contributed by atoms with Crippen LogP contribution in [0.5, 0.6) is 0 Å².